The Morgan fingerprint density at radius 1 is 0.750 bits per heavy atom. The van der Waals surface area contributed by atoms with Crippen molar-refractivity contribution in [2.45, 2.75) is 32.7 Å². The van der Waals surface area contributed by atoms with E-state index in [2.05, 4.69) is 24.5 Å². The molecule has 2 N–H and O–H groups in total. The van der Waals surface area contributed by atoms with Crippen LogP contribution in [0.25, 0.3) is 0 Å². The summed E-state index contributed by atoms with van der Waals surface area (Å²) in [5.74, 6) is 2.85. The maximum Gasteiger partial charge on any atom is 0.246 e. The molecule has 0 saturated carbocycles. The number of carbonyl (C=O) groups excluding carboxylic acids is 1. The largest absolute Gasteiger partial charge is 0.497 e. The van der Waals surface area contributed by atoms with E-state index in [1.807, 2.05) is 67.6 Å². The Hall–Kier alpha value is -3.67. The third-order valence-electron chi connectivity index (χ3n) is 5.07. The molecule has 0 aliphatic carbocycles. The second kappa shape index (κ2) is 10.6. The molecule has 3 aromatic rings. The van der Waals surface area contributed by atoms with Gasteiger partial charge in [0.1, 0.15) is 17.5 Å². The third-order valence-corrected chi connectivity index (χ3v) is 5.07. The molecule has 0 aliphatic rings. The minimum absolute atomic E-state index is 0.129. The molecule has 3 aromatic carbocycles. The number of ether oxygens (including phenoxy) is 3. The maximum atomic E-state index is 12.7. The molecule has 0 saturated heterocycles. The van der Waals surface area contributed by atoms with Crippen LogP contribution in [0, 0.1) is 0 Å². The van der Waals surface area contributed by atoms with Crippen molar-refractivity contribution < 1.29 is 19.0 Å². The fourth-order valence-corrected chi connectivity index (χ4v) is 3.13. The lowest BCUT2D eigenvalue weighted by atomic mass is 10.0. The minimum atomic E-state index is -0.456. The number of nitrogens with one attached hydrogen (secondary N) is 2. The molecular formula is C26H30N2O4. The summed E-state index contributed by atoms with van der Waals surface area (Å²) in [5.41, 5.74) is 2.75. The van der Waals surface area contributed by atoms with Crippen LogP contribution in [0.15, 0.2) is 66.7 Å². The van der Waals surface area contributed by atoms with Gasteiger partial charge in [0.05, 0.1) is 14.2 Å². The summed E-state index contributed by atoms with van der Waals surface area (Å²) in [7, 11) is 3.20. The van der Waals surface area contributed by atoms with Gasteiger partial charge in [-0.15, -0.1) is 0 Å². The van der Waals surface area contributed by atoms with Crippen LogP contribution in [0.1, 0.15) is 32.3 Å². The fraction of sp³-hybridized carbons (Fsp3) is 0.269. The van der Waals surface area contributed by atoms with Gasteiger partial charge in [-0.3, -0.25) is 4.79 Å². The van der Waals surface area contributed by atoms with Crippen molar-refractivity contribution in [3.05, 3.63) is 72.3 Å². The smallest absolute Gasteiger partial charge is 0.246 e. The molecule has 0 aliphatic heterocycles. The van der Waals surface area contributed by atoms with Crippen LogP contribution in [0.3, 0.4) is 0 Å². The van der Waals surface area contributed by atoms with Gasteiger partial charge in [-0.2, -0.15) is 0 Å². The van der Waals surface area contributed by atoms with E-state index in [-0.39, 0.29) is 5.91 Å². The van der Waals surface area contributed by atoms with E-state index in [0.717, 1.165) is 17.1 Å². The first-order valence-electron chi connectivity index (χ1n) is 10.6. The van der Waals surface area contributed by atoms with Gasteiger partial charge in [0.2, 0.25) is 5.91 Å². The maximum absolute atomic E-state index is 12.7. The number of rotatable bonds is 9. The zero-order chi connectivity index (χ0) is 23.1. The fourth-order valence-electron chi connectivity index (χ4n) is 3.13. The number of benzene rings is 3. The molecule has 6 nitrogen and oxygen atoms in total. The molecule has 1 atom stereocenters. The van der Waals surface area contributed by atoms with Crippen molar-refractivity contribution in [1.82, 2.24) is 0 Å². The van der Waals surface area contributed by atoms with Crippen LogP contribution in [0.4, 0.5) is 11.4 Å². The lowest BCUT2D eigenvalue weighted by Crippen LogP contribution is -2.31. The summed E-state index contributed by atoms with van der Waals surface area (Å²) in [4.78, 5) is 12.7. The summed E-state index contributed by atoms with van der Waals surface area (Å²) < 4.78 is 16.6. The molecule has 168 valence electrons. The van der Waals surface area contributed by atoms with E-state index < -0.39 is 6.04 Å². The highest BCUT2D eigenvalue weighted by molar-refractivity contribution is 5.96. The predicted octanol–water partition coefficient (Wildman–Crippen LogP) is 6.06. The molecular weight excluding hydrogens is 404 g/mol. The topological polar surface area (TPSA) is 68.8 Å². The SMILES string of the molecule is COc1ccc(Oc2cc(NC(C)C(=O)Nc3ccc(C(C)C)cc3)ccc2OC)cc1. The van der Waals surface area contributed by atoms with Crippen LogP contribution >= 0.6 is 0 Å². The van der Waals surface area contributed by atoms with Gasteiger partial charge >= 0.3 is 0 Å². The Morgan fingerprint density at radius 2 is 1.38 bits per heavy atom. The molecule has 0 radical (unpaired) electrons. The van der Waals surface area contributed by atoms with Crippen molar-refractivity contribution in [1.29, 1.82) is 0 Å². The van der Waals surface area contributed by atoms with Crippen molar-refractivity contribution >= 4 is 17.3 Å². The van der Waals surface area contributed by atoms with Crippen LogP contribution in [-0.2, 0) is 4.79 Å². The molecule has 0 fully saturated rings. The van der Waals surface area contributed by atoms with Crippen molar-refractivity contribution in [3.8, 4) is 23.0 Å². The predicted molar refractivity (Wildman–Crippen MR) is 128 cm³/mol. The molecule has 0 aromatic heterocycles. The monoisotopic (exact) mass is 434 g/mol. The number of amides is 1. The van der Waals surface area contributed by atoms with Gasteiger partial charge in [0, 0.05) is 17.4 Å². The Balaban J connectivity index is 1.67. The van der Waals surface area contributed by atoms with E-state index in [1.165, 1.54) is 5.56 Å². The summed E-state index contributed by atoms with van der Waals surface area (Å²) >= 11 is 0. The Bertz CT molecular complexity index is 1030. The van der Waals surface area contributed by atoms with E-state index in [1.54, 1.807) is 20.3 Å². The Kier molecular flexibility index (Phi) is 7.60. The van der Waals surface area contributed by atoms with Gasteiger partial charge in [-0.1, -0.05) is 26.0 Å². The second-order valence-corrected chi connectivity index (χ2v) is 7.78. The first-order chi connectivity index (χ1) is 15.4. The normalized spacial score (nSPS) is 11.6. The highest BCUT2D eigenvalue weighted by Gasteiger charge is 2.15. The zero-order valence-electron chi connectivity index (χ0n) is 19.1. The molecule has 1 amide bonds. The lowest BCUT2D eigenvalue weighted by Gasteiger charge is -2.17. The Labute approximate surface area is 189 Å². The molecule has 0 heterocycles. The minimum Gasteiger partial charge on any atom is -0.497 e. The first-order valence-corrected chi connectivity index (χ1v) is 10.6. The van der Waals surface area contributed by atoms with Gasteiger partial charge in [0.15, 0.2) is 11.5 Å². The van der Waals surface area contributed by atoms with Gasteiger partial charge in [0.25, 0.3) is 0 Å². The van der Waals surface area contributed by atoms with Crippen molar-refractivity contribution in [3.63, 3.8) is 0 Å². The molecule has 0 spiro atoms. The number of methoxy groups -OCH3 is 2. The zero-order valence-corrected chi connectivity index (χ0v) is 19.1. The molecule has 6 heteroatoms. The lowest BCUT2D eigenvalue weighted by molar-refractivity contribution is -0.116. The highest BCUT2D eigenvalue weighted by Crippen LogP contribution is 2.34. The highest BCUT2D eigenvalue weighted by atomic mass is 16.5. The van der Waals surface area contributed by atoms with E-state index in [4.69, 9.17) is 14.2 Å². The number of hydrogen-bond acceptors (Lipinski definition) is 5. The molecule has 1 unspecified atom stereocenters. The second-order valence-electron chi connectivity index (χ2n) is 7.78. The summed E-state index contributed by atoms with van der Waals surface area (Å²) in [5, 5.41) is 6.17. The quantitative estimate of drug-likeness (QED) is 0.428. The summed E-state index contributed by atoms with van der Waals surface area (Å²) in [6.45, 7) is 6.09. The van der Waals surface area contributed by atoms with E-state index >= 15 is 0 Å². The molecule has 3 rings (SSSR count). The van der Waals surface area contributed by atoms with E-state index in [9.17, 15) is 4.79 Å². The van der Waals surface area contributed by atoms with Crippen molar-refractivity contribution in [2.24, 2.45) is 0 Å². The first kappa shape index (κ1) is 23.0. The van der Waals surface area contributed by atoms with Crippen LogP contribution in [0.5, 0.6) is 23.0 Å². The summed E-state index contributed by atoms with van der Waals surface area (Å²) in [6, 6.07) is 20.2. The molecule has 32 heavy (non-hydrogen) atoms. The van der Waals surface area contributed by atoms with Crippen LogP contribution < -0.4 is 24.8 Å². The standard InChI is InChI=1S/C26H30N2O4/c1-17(2)19-6-8-20(9-7-19)28-26(29)18(3)27-21-10-15-24(31-5)25(16-21)32-23-13-11-22(30-4)12-14-23/h6-18,27H,1-5H3,(H,28,29). The van der Waals surface area contributed by atoms with Crippen LogP contribution in [0.2, 0.25) is 0 Å². The van der Waals surface area contributed by atoms with E-state index in [0.29, 0.717) is 23.2 Å². The van der Waals surface area contributed by atoms with Crippen molar-refractivity contribution in [2.75, 3.05) is 24.9 Å². The average molecular weight is 435 g/mol. The van der Waals surface area contributed by atoms with Crippen LogP contribution in [-0.4, -0.2) is 26.2 Å². The average Bonchev–Trinajstić information content (AvgIpc) is 2.80. The van der Waals surface area contributed by atoms with Gasteiger partial charge in [-0.05, 0) is 66.9 Å². The summed E-state index contributed by atoms with van der Waals surface area (Å²) in [6.07, 6.45) is 0. The number of anilines is 2. The van der Waals surface area contributed by atoms with Gasteiger partial charge in [-0.25, -0.2) is 0 Å². The Morgan fingerprint density at radius 3 is 1.97 bits per heavy atom. The van der Waals surface area contributed by atoms with Gasteiger partial charge < -0.3 is 24.8 Å². The number of hydrogen-bond donors (Lipinski definition) is 2. The number of carbonyl (C=O) groups is 1. The third kappa shape index (κ3) is 5.94. The molecule has 0 bridgehead atoms.